The predicted octanol–water partition coefficient (Wildman–Crippen LogP) is 1.85. The second-order valence-electron chi connectivity index (χ2n) is 7.28. The molecule has 7 heteroatoms. The van der Waals surface area contributed by atoms with Gasteiger partial charge < -0.3 is 15.0 Å². The summed E-state index contributed by atoms with van der Waals surface area (Å²) in [7, 11) is 0. The Hall–Kier alpha value is -2.17. The van der Waals surface area contributed by atoms with Crippen LogP contribution in [0.15, 0.2) is 18.2 Å². The third kappa shape index (κ3) is 4.32. The molecule has 0 aliphatic carbocycles. The van der Waals surface area contributed by atoms with Gasteiger partial charge in [0.2, 0.25) is 5.88 Å². The Morgan fingerprint density at radius 3 is 2.81 bits per heavy atom. The summed E-state index contributed by atoms with van der Waals surface area (Å²) < 4.78 is 5.50. The first-order chi connectivity index (χ1) is 12.6. The van der Waals surface area contributed by atoms with Gasteiger partial charge in [-0.05, 0) is 51.8 Å². The van der Waals surface area contributed by atoms with Crippen LogP contribution in [0.4, 0.5) is 4.79 Å². The molecule has 1 atom stereocenters. The van der Waals surface area contributed by atoms with Crippen LogP contribution in [-0.2, 0) is 0 Å². The summed E-state index contributed by atoms with van der Waals surface area (Å²) in [5.74, 6) is 0.660. The number of carbonyl (C=O) groups excluding carboxylic acids is 1. The van der Waals surface area contributed by atoms with Gasteiger partial charge in [0.1, 0.15) is 11.8 Å². The van der Waals surface area contributed by atoms with Crippen LogP contribution in [-0.4, -0.2) is 65.7 Å². The number of aromatic nitrogens is 1. The molecule has 0 saturated carbocycles. The highest BCUT2D eigenvalue weighted by Gasteiger charge is 2.37. The van der Waals surface area contributed by atoms with E-state index in [1.54, 1.807) is 18.2 Å². The number of pyridine rings is 1. The van der Waals surface area contributed by atoms with E-state index < -0.39 is 0 Å². The molecule has 2 aliphatic heterocycles. The molecule has 140 valence electrons. The van der Waals surface area contributed by atoms with E-state index in [9.17, 15) is 4.79 Å². The van der Waals surface area contributed by atoms with Gasteiger partial charge >= 0.3 is 6.09 Å². The Morgan fingerprint density at radius 2 is 2.12 bits per heavy atom. The number of nitrogens with zero attached hydrogens (tertiary/aromatic N) is 4. The average molecular weight is 357 g/mol. The lowest BCUT2D eigenvalue weighted by molar-refractivity contribution is 0.0268. The second kappa shape index (κ2) is 8.47. The summed E-state index contributed by atoms with van der Waals surface area (Å²) in [5.41, 5.74) is 0.245. The van der Waals surface area contributed by atoms with Crippen LogP contribution in [0, 0.1) is 17.2 Å². The van der Waals surface area contributed by atoms with Gasteiger partial charge in [-0.25, -0.2) is 9.78 Å². The van der Waals surface area contributed by atoms with Crippen molar-refractivity contribution in [3.8, 4) is 11.9 Å². The summed E-state index contributed by atoms with van der Waals surface area (Å²) in [6.07, 6.45) is 1.78. The Morgan fingerprint density at radius 1 is 1.35 bits per heavy atom. The molecule has 1 unspecified atom stereocenters. The highest BCUT2D eigenvalue weighted by Crippen LogP contribution is 2.26. The first kappa shape index (κ1) is 18.6. The molecule has 26 heavy (non-hydrogen) atoms. The van der Waals surface area contributed by atoms with Crippen LogP contribution in [0.3, 0.4) is 0 Å². The van der Waals surface area contributed by atoms with E-state index in [-0.39, 0.29) is 23.7 Å². The third-order valence-electron chi connectivity index (χ3n) is 5.37. The lowest BCUT2D eigenvalue weighted by Gasteiger charge is -2.46. The van der Waals surface area contributed by atoms with E-state index in [0.29, 0.717) is 18.5 Å². The fraction of sp³-hybridized carbons (Fsp3) is 0.632. The van der Waals surface area contributed by atoms with Gasteiger partial charge in [0, 0.05) is 31.7 Å². The first-order valence-corrected chi connectivity index (χ1v) is 9.39. The largest absolute Gasteiger partial charge is 0.416 e. The molecule has 2 fully saturated rings. The number of nitrogens with one attached hydrogen (secondary N) is 1. The van der Waals surface area contributed by atoms with Gasteiger partial charge in [-0.15, -0.1) is 0 Å². The Labute approximate surface area is 154 Å². The Balaban J connectivity index is 1.74. The van der Waals surface area contributed by atoms with Gasteiger partial charge in [0.25, 0.3) is 0 Å². The maximum absolute atomic E-state index is 12.8. The van der Waals surface area contributed by atoms with Gasteiger partial charge in [-0.1, -0.05) is 6.07 Å². The normalized spacial score (nSPS) is 22.2. The van der Waals surface area contributed by atoms with Crippen molar-refractivity contribution in [2.45, 2.75) is 38.8 Å². The number of amides is 1. The summed E-state index contributed by atoms with van der Waals surface area (Å²) in [6.45, 7) is 8.77. The Kier molecular flexibility index (Phi) is 6.07. The summed E-state index contributed by atoms with van der Waals surface area (Å²) in [6, 6.07) is 7.47. The minimum absolute atomic E-state index is 0.153. The van der Waals surface area contributed by atoms with Crippen molar-refractivity contribution in [3.05, 3.63) is 23.9 Å². The number of hydrogen-bond donors (Lipinski definition) is 1. The molecule has 1 aromatic rings. The molecule has 0 bridgehead atoms. The summed E-state index contributed by atoms with van der Waals surface area (Å²) in [4.78, 5) is 21.2. The van der Waals surface area contributed by atoms with Gasteiger partial charge in [0.15, 0.2) is 0 Å². The second-order valence-corrected chi connectivity index (χ2v) is 7.28. The van der Waals surface area contributed by atoms with Crippen molar-refractivity contribution in [1.29, 1.82) is 5.26 Å². The van der Waals surface area contributed by atoms with Gasteiger partial charge in [-0.2, -0.15) is 5.26 Å². The van der Waals surface area contributed by atoms with Crippen molar-refractivity contribution in [1.82, 2.24) is 20.1 Å². The molecule has 1 amide bonds. The van der Waals surface area contributed by atoms with Crippen LogP contribution in [0.1, 0.15) is 32.4 Å². The molecule has 2 saturated heterocycles. The van der Waals surface area contributed by atoms with E-state index >= 15 is 0 Å². The van der Waals surface area contributed by atoms with E-state index in [2.05, 4.69) is 29.0 Å². The number of nitriles is 1. The number of hydrogen-bond acceptors (Lipinski definition) is 6. The maximum Gasteiger partial charge on any atom is 0.416 e. The molecule has 3 rings (SSSR count). The van der Waals surface area contributed by atoms with Crippen molar-refractivity contribution in [2.75, 3.05) is 32.7 Å². The standard InChI is InChI=1S/C19H27N5O2/c1-14(2)23-10-11-24(17(13-23)15-6-8-21-9-7-15)19(25)26-18-5-3-4-16(12-20)22-18/h3-5,14-15,17,21H,6-11,13H2,1-2H3. The fourth-order valence-corrected chi connectivity index (χ4v) is 3.84. The summed E-state index contributed by atoms with van der Waals surface area (Å²) in [5, 5.41) is 12.4. The topological polar surface area (TPSA) is 81.5 Å². The fourth-order valence-electron chi connectivity index (χ4n) is 3.84. The molecule has 3 heterocycles. The quantitative estimate of drug-likeness (QED) is 0.889. The van der Waals surface area contributed by atoms with Crippen LogP contribution >= 0.6 is 0 Å². The highest BCUT2D eigenvalue weighted by atomic mass is 16.6. The Bertz CT molecular complexity index is 666. The molecule has 1 aromatic heterocycles. The van der Waals surface area contributed by atoms with E-state index in [0.717, 1.165) is 39.0 Å². The SMILES string of the molecule is CC(C)N1CCN(C(=O)Oc2cccc(C#N)n2)C(C2CCNCC2)C1. The zero-order valence-electron chi connectivity index (χ0n) is 15.5. The number of piperidine rings is 1. The van der Waals surface area contributed by atoms with Crippen molar-refractivity contribution < 1.29 is 9.53 Å². The minimum Gasteiger partial charge on any atom is -0.391 e. The van der Waals surface area contributed by atoms with E-state index in [4.69, 9.17) is 10.00 Å². The van der Waals surface area contributed by atoms with Crippen LogP contribution in [0.5, 0.6) is 5.88 Å². The van der Waals surface area contributed by atoms with Crippen molar-refractivity contribution >= 4 is 6.09 Å². The predicted molar refractivity (Wildman–Crippen MR) is 97.8 cm³/mol. The minimum atomic E-state index is -0.362. The number of piperazine rings is 1. The zero-order chi connectivity index (χ0) is 18.5. The van der Waals surface area contributed by atoms with Crippen molar-refractivity contribution in [3.63, 3.8) is 0 Å². The van der Waals surface area contributed by atoms with Crippen molar-refractivity contribution in [2.24, 2.45) is 5.92 Å². The first-order valence-electron chi connectivity index (χ1n) is 9.39. The molecular formula is C19H27N5O2. The molecule has 7 nitrogen and oxygen atoms in total. The average Bonchev–Trinajstić information content (AvgIpc) is 2.68. The molecule has 0 radical (unpaired) electrons. The molecule has 2 aliphatic rings. The maximum atomic E-state index is 12.8. The molecular weight excluding hydrogens is 330 g/mol. The number of carbonyl (C=O) groups is 1. The van der Waals surface area contributed by atoms with Gasteiger partial charge in [-0.3, -0.25) is 4.90 Å². The van der Waals surface area contributed by atoms with Crippen LogP contribution in [0.2, 0.25) is 0 Å². The van der Waals surface area contributed by atoms with E-state index in [1.807, 2.05) is 11.0 Å². The number of ether oxygens (including phenoxy) is 1. The number of rotatable bonds is 3. The smallest absolute Gasteiger partial charge is 0.391 e. The molecule has 0 aromatic carbocycles. The third-order valence-corrected chi connectivity index (χ3v) is 5.37. The lowest BCUT2D eigenvalue weighted by Crippen LogP contribution is -2.60. The monoisotopic (exact) mass is 357 g/mol. The zero-order valence-corrected chi connectivity index (χ0v) is 15.5. The van der Waals surface area contributed by atoms with E-state index in [1.165, 1.54) is 0 Å². The van der Waals surface area contributed by atoms with Gasteiger partial charge in [0.05, 0.1) is 6.04 Å². The molecule has 0 spiro atoms. The van der Waals surface area contributed by atoms with Crippen LogP contribution in [0.25, 0.3) is 0 Å². The summed E-state index contributed by atoms with van der Waals surface area (Å²) >= 11 is 0. The van der Waals surface area contributed by atoms with Crippen LogP contribution < -0.4 is 10.1 Å². The highest BCUT2D eigenvalue weighted by molar-refractivity contribution is 5.71. The lowest BCUT2D eigenvalue weighted by atomic mass is 9.87. The molecule has 1 N–H and O–H groups in total.